The molecule has 4 heteroatoms. The van der Waals surface area contributed by atoms with Crippen LogP contribution in [0.2, 0.25) is 0 Å². The van der Waals surface area contributed by atoms with Crippen LogP contribution in [0.3, 0.4) is 0 Å². The Morgan fingerprint density at radius 3 is 2.95 bits per heavy atom. The van der Waals surface area contributed by atoms with Gasteiger partial charge in [-0.25, -0.2) is 4.98 Å². The van der Waals surface area contributed by atoms with Crippen LogP contribution < -0.4 is 0 Å². The number of para-hydroxylation sites is 2. The fraction of sp³-hybridized carbons (Fsp3) is 0.133. The van der Waals surface area contributed by atoms with Gasteiger partial charge in [-0.15, -0.1) is 0 Å². The minimum atomic E-state index is 0.878. The summed E-state index contributed by atoms with van der Waals surface area (Å²) in [7, 11) is 0. The molecule has 94 valence electrons. The van der Waals surface area contributed by atoms with Crippen LogP contribution in [-0.2, 0) is 0 Å². The highest BCUT2D eigenvalue weighted by atomic mass is 79.9. The maximum Gasteiger partial charge on any atom is 0.213 e. The quantitative estimate of drug-likeness (QED) is 0.713. The van der Waals surface area contributed by atoms with Crippen LogP contribution in [0.4, 0.5) is 0 Å². The molecule has 0 aliphatic heterocycles. The van der Waals surface area contributed by atoms with Crippen LogP contribution in [0.25, 0.3) is 22.4 Å². The largest absolute Gasteiger partial charge is 0.323 e. The van der Waals surface area contributed by atoms with Crippen molar-refractivity contribution < 1.29 is 0 Å². The van der Waals surface area contributed by atoms with Crippen molar-refractivity contribution >= 4 is 38.3 Å². The lowest BCUT2D eigenvalue weighted by Crippen LogP contribution is -1.88. The number of aromatic nitrogens is 3. The Morgan fingerprint density at radius 1 is 1.21 bits per heavy atom. The van der Waals surface area contributed by atoms with E-state index in [9.17, 15) is 0 Å². The summed E-state index contributed by atoms with van der Waals surface area (Å²) in [5.74, 6) is 0.878. The Morgan fingerprint density at radius 2 is 2.11 bits per heavy atom. The van der Waals surface area contributed by atoms with Gasteiger partial charge in [0.2, 0.25) is 5.78 Å². The van der Waals surface area contributed by atoms with Crippen molar-refractivity contribution in [1.82, 2.24) is 14.4 Å². The number of hydrogen-bond acceptors (Lipinski definition) is 1. The van der Waals surface area contributed by atoms with E-state index in [1.807, 2.05) is 12.1 Å². The summed E-state index contributed by atoms with van der Waals surface area (Å²) in [6.07, 6.45) is 8.81. The maximum atomic E-state index is 4.71. The van der Waals surface area contributed by atoms with Crippen LogP contribution in [0.1, 0.15) is 18.5 Å². The van der Waals surface area contributed by atoms with Crippen LogP contribution >= 0.6 is 15.9 Å². The molecule has 3 nitrogen and oxygen atoms in total. The number of benzene rings is 1. The van der Waals surface area contributed by atoms with Gasteiger partial charge < -0.3 is 4.98 Å². The predicted octanol–water partition coefficient (Wildman–Crippen LogP) is 4.31. The highest BCUT2D eigenvalue weighted by Gasteiger charge is 2.16. The van der Waals surface area contributed by atoms with E-state index in [2.05, 4.69) is 55.7 Å². The van der Waals surface area contributed by atoms with Crippen molar-refractivity contribution in [3.05, 3.63) is 52.8 Å². The second kappa shape index (κ2) is 4.10. The summed E-state index contributed by atoms with van der Waals surface area (Å²) < 4.78 is 3.13. The lowest BCUT2D eigenvalue weighted by molar-refractivity contribution is 1.04. The number of aromatic amines is 1. The zero-order valence-corrected chi connectivity index (χ0v) is 11.8. The van der Waals surface area contributed by atoms with Crippen molar-refractivity contribution in [1.29, 1.82) is 0 Å². The van der Waals surface area contributed by atoms with Gasteiger partial charge in [-0.2, -0.15) is 0 Å². The summed E-state index contributed by atoms with van der Waals surface area (Å²) in [6.45, 7) is 0. The molecule has 0 amide bonds. The summed E-state index contributed by atoms with van der Waals surface area (Å²) >= 11 is 3.69. The topological polar surface area (TPSA) is 33.1 Å². The molecule has 4 rings (SSSR count). The van der Waals surface area contributed by atoms with E-state index in [-0.39, 0.29) is 0 Å². The Labute approximate surface area is 118 Å². The van der Waals surface area contributed by atoms with Crippen molar-refractivity contribution in [3.8, 4) is 0 Å². The lowest BCUT2D eigenvalue weighted by atomic mass is 10.1. The fourth-order valence-electron chi connectivity index (χ4n) is 2.57. The summed E-state index contributed by atoms with van der Waals surface area (Å²) in [5, 5.41) is 0. The fourth-order valence-corrected chi connectivity index (χ4v) is 3.25. The van der Waals surface area contributed by atoms with Gasteiger partial charge in [-0.05, 0) is 46.5 Å². The number of nitrogens with zero attached hydrogens (tertiary/aromatic N) is 2. The third-order valence-corrected chi connectivity index (χ3v) is 4.21. The summed E-state index contributed by atoms with van der Waals surface area (Å²) in [5.41, 5.74) is 4.45. The molecule has 0 unspecified atom stereocenters. The Bertz CT molecular complexity index is 836. The monoisotopic (exact) mass is 313 g/mol. The SMILES string of the molecule is Brc1c(C2=CCCC=C2)nc2[nH]c3ccccc3n12. The second-order valence-corrected chi connectivity index (χ2v) is 5.44. The number of hydrogen-bond donors (Lipinski definition) is 1. The number of rotatable bonds is 1. The van der Waals surface area contributed by atoms with Gasteiger partial charge in [0.15, 0.2) is 0 Å². The minimum Gasteiger partial charge on any atom is -0.323 e. The van der Waals surface area contributed by atoms with E-state index in [0.717, 1.165) is 39.9 Å². The van der Waals surface area contributed by atoms with Crippen LogP contribution in [0.5, 0.6) is 0 Å². The standard InChI is InChI=1S/C15H12BrN3/c16-14-13(10-6-2-1-3-7-10)18-15-17-11-8-4-5-9-12(11)19(14)15/h2,4-9H,1,3H2,(H,17,18). The molecule has 1 N–H and O–H groups in total. The normalized spacial score (nSPS) is 15.3. The molecular formula is C15H12BrN3. The van der Waals surface area contributed by atoms with Crippen LogP contribution in [0.15, 0.2) is 47.1 Å². The maximum absolute atomic E-state index is 4.71. The van der Waals surface area contributed by atoms with E-state index < -0.39 is 0 Å². The first kappa shape index (κ1) is 11.1. The number of fused-ring (bicyclic) bond motifs is 3. The summed E-state index contributed by atoms with van der Waals surface area (Å²) in [6, 6.07) is 8.23. The smallest absolute Gasteiger partial charge is 0.213 e. The molecular weight excluding hydrogens is 302 g/mol. The molecule has 0 saturated heterocycles. The predicted molar refractivity (Wildman–Crippen MR) is 81.1 cm³/mol. The third-order valence-electron chi connectivity index (χ3n) is 3.48. The zero-order chi connectivity index (χ0) is 12.8. The minimum absolute atomic E-state index is 0.878. The second-order valence-electron chi connectivity index (χ2n) is 4.69. The van der Waals surface area contributed by atoms with E-state index in [0.29, 0.717) is 0 Å². The average molecular weight is 314 g/mol. The van der Waals surface area contributed by atoms with Gasteiger partial charge in [0, 0.05) is 0 Å². The van der Waals surface area contributed by atoms with Gasteiger partial charge in [-0.1, -0.05) is 30.4 Å². The van der Waals surface area contributed by atoms with E-state index >= 15 is 0 Å². The number of allylic oxidation sites excluding steroid dienone is 4. The van der Waals surface area contributed by atoms with Gasteiger partial charge in [0.05, 0.1) is 11.0 Å². The highest BCUT2D eigenvalue weighted by molar-refractivity contribution is 9.10. The van der Waals surface area contributed by atoms with E-state index in [1.54, 1.807) is 0 Å². The Hall–Kier alpha value is -1.81. The first-order valence-electron chi connectivity index (χ1n) is 6.36. The zero-order valence-electron chi connectivity index (χ0n) is 10.2. The van der Waals surface area contributed by atoms with Crippen LogP contribution in [0, 0.1) is 0 Å². The van der Waals surface area contributed by atoms with Crippen molar-refractivity contribution in [2.45, 2.75) is 12.8 Å². The van der Waals surface area contributed by atoms with Crippen molar-refractivity contribution in [2.75, 3.05) is 0 Å². The molecule has 2 heterocycles. The number of H-pyrrole nitrogens is 1. The van der Waals surface area contributed by atoms with Gasteiger partial charge in [0.1, 0.15) is 10.3 Å². The number of imidazole rings is 2. The van der Waals surface area contributed by atoms with Crippen molar-refractivity contribution in [3.63, 3.8) is 0 Å². The van der Waals surface area contributed by atoms with E-state index in [1.165, 1.54) is 5.57 Å². The third kappa shape index (κ3) is 1.60. The molecule has 3 aromatic rings. The molecule has 1 aliphatic rings. The van der Waals surface area contributed by atoms with E-state index in [4.69, 9.17) is 4.98 Å². The van der Waals surface area contributed by atoms with Gasteiger partial charge in [-0.3, -0.25) is 4.40 Å². The molecule has 0 spiro atoms. The molecule has 0 atom stereocenters. The molecule has 0 fully saturated rings. The molecule has 1 aliphatic carbocycles. The first-order chi connectivity index (χ1) is 9.34. The average Bonchev–Trinajstić information content (AvgIpc) is 2.97. The molecule has 1 aromatic carbocycles. The van der Waals surface area contributed by atoms with Gasteiger partial charge in [0.25, 0.3) is 0 Å². The lowest BCUT2D eigenvalue weighted by Gasteiger charge is -2.04. The molecule has 2 aromatic heterocycles. The number of halogens is 1. The molecule has 19 heavy (non-hydrogen) atoms. The molecule has 0 radical (unpaired) electrons. The number of nitrogens with one attached hydrogen (secondary N) is 1. The first-order valence-corrected chi connectivity index (χ1v) is 7.15. The summed E-state index contributed by atoms with van der Waals surface area (Å²) in [4.78, 5) is 8.06. The Balaban J connectivity index is 2.02. The van der Waals surface area contributed by atoms with Crippen molar-refractivity contribution in [2.24, 2.45) is 0 Å². The molecule has 0 saturated carbocycles. The highest BCUT2D eigenvalue weighted by Crippen LogP contribution is 2.31. The van der Waals surface area contributed by atoms with Crippen LogP contribution in [-0.4, -0.2) is 14.4 Å². The van der Waals surface area contributed by atoms with Gasteiger partial charge >= 0.3 is 0 Å². The Kier molecular flexibility index (Phi) is 2.38. The molecule has 0 bridgehead atoms.